The first kappa shape index (κ1) is 23.8. The van der Waals surface area contributed by atoms with E-state index in [1.165, 1.54) is 25.1 Å². The number of para-hydroxylation sites is 2. The number of carbonyl (C=O) groups is 2. The van der Waals surface area contributed by atoms with E-state index in [2.05, 4.69) is 15.5 Å². The van der Waals surface area contributed by atoms with Crippen LogP contribution in [0.15, 0.2) is 81.5 Å². The third kappa shape index (κ3) is 6.18. The summed E-state index contributed by atoms with van der Waals surface area (Å²) in [5.41, 5.74) is 4.80. The van der Waals surface area contributed by atoms with Crippen molar-refractivity contribution in [1.29, 1.82) is 0 Å². The number of benzene rings is 3. The summed E-state index contributed by atoms with van der Waals surface area (Å²) in [6.07, 6.45) is 1.44. The van der Waals surface area contributed by atoms with Crippen LogP contribution >= 0.6 is 11.8 Å². The Morgan fingerprint density at radius 2 is 1.83 bits per heavy atom. The van der Waals surface area contributed by atoms with Crippen molar-refractivity contribution in [3.8, 4) is 17.2 Å². The number of thioether (sulfide) groups is 1. The number of hydrogen-bond acceptors (Lipinski definition) is 9. The average Bonchev–Trinajstić information content (AvgIpc) is 3.31. The molecule has 1 heterocycles. The van der Waals surface area contributed by atoms with Crippen LogP contribution in [0.1, 0.15) is 15.9 Å². The van der Waals surface area contributed by atoms with Crippen molar-refractivity contribution in [2.75, 3.05) is 20.0 Å². The summed E-state index contributed by atoms with van der Waals surface area (Å²) in [5, 5.41) is 4.37. The number of fused-ring (bicyclic) bond motifs is 1. The van der Waals surface area contributed by atoms with Crippen LogP contribution in [-0.4, -0.2) is 43.0 Å². The molecular formula is C25H21N3O6S. The number of esters is 1. The summed E-state index contributed by atoms with van der Waals surface area (Å²) in [7, 11) is 3.02. The van der Waals surface area contributed by atoms with Gasteiger partial charge in [0.1, 0.15) is 11.3 Å². The van der Waals surface area contributed by atoms with Crippen LogP contribution in [0.5, 0.6) is 17.2 Å². The lowest BCUT2D eigenvalue weighted by atomic mass is 10.2. The van der Waals surface area contributed by atoms with Crippen molar-refractivity contribution < 1.29 is 28.2 Å². The van der Waals surface area contributed by atoms with E-state index in [9.17, 15) is 9.59 Å². The largest absolute Gasteiger partial charge is 0.497 e. The zero-order valence-electron chi connectivity index (χ0n) is 18.9. The smallest absolute Gasteiger partial charge is 0.343 e. The molecule has 1 aromatic heterocycles. The Labute approximate surface area is 205 Å². The Morgan fingerprint density at radius 3 is 2.57 bits per heavy atom. The first-order chi connectivity index (χ1) is 17.1. The first-order valence-corrected chi connectivity index (χ1v) is 11.4. The number of carbonyl (C=O) groups excluding carboxylic acids is 2. The Kier molecular flexibility index (Phi) is 7.63. The normalized spacial score (nSPS) is 10.9. The fourth-order valence-corrected chi connectivity index (χ4v) is 3.62. The minimum absolute atomic E-state index is 0.0809. The summed E-state index contributed by atoms with van der Waals surface area (Å²) in [5.74, 6) is 0.430. The fourth-order valence-electron chi connectivity index (χ4n) is 2.99. The number of rotatable bonds is 9. The van der Waals surface area contributed by atoms with Gasteiger partial charge in [-0.1, -0.05) is 23.9 Å². The van der Waals surface area contributed by atoms with Gasteiger partial charge in [-0.2, -0.15) is 5.10 Å². The maximum atomic E-state index is 12.5. The van der Waals surface area contributed by atoms with E-state index in [4.69, 9.17) is 18.6 Å². The second-order valence-electron chi connectivity index (χ2n) is 7.06. The molecule has 35 heavy (non-hydrogen) atoms. The Morgan fingerprint density at radius 1 is 1.03 bits per heavy atom. The highest BCUT2D eigenvalue weighted by Gasteiger charge is 2.13. The van der Waals surface area contributed by atoms with Crippen molar-refractivity contribution in [3.63, 3.8) is 0 Å². The molecule has 0 atom stereocenters. The predicted molar refractivity (Wildman–Crippen MR) is 131 cm³/mol. The lowest BCUT2D eigenvalue weighted by Crippen LogP contribution is -2.19. The van der Waals surface area contributed by atoms with E-state index in [1.807, 2.05) is 24.3 Å². The van der Waals surface area contributed by atoms with Crippen LogP contribution in [0.2, 0.25) is 0 Å². The quantitative estimate of drug-likeness (QED) is 0.121. The van der Waals surface area contributed by atoms with Gasteiger partial charge in [-0.05, 0) is 60.2 Å². The molecule has 10 heteroatoms. The minimum atomic E-state index is -0.551. The number of methoxy groups -OCH3 is 2. The molecule has 3 aromatic carbocycles. The molecular weight excluding hydrogens is 470 g/mol. The number of nitrogens with one attached hydrogen (secondary N) is 1. The molecule has 1 N–H and O–H groups in total. The van der Waals surface area contributed by atoms with Gasteiger partial charge in [0.15, 0.2) is 17.1 Å². The number of ether oxygens (including phenoxy) is 3. The van der Waals surface area contributed by atoms with Gasteiger partial charge in [0.05, 0.1) is 31.8 Å². The highest BCUT2D eigenvalue weighted by atomic mass is 32.2. The van der Waals surface area contributed by atoms with Crippen molar-refractivity contribution in [2.24, 2.45) is 5.10 Å². The molecule has 178 valence electrons. The van der Waals surface area contributed by atoms with Crippen molar-refractivity contribution in [1.82, 2.24) is 10.4 Å². The SMILES string of the molecule is COc1ccc(C(=O)Oc2cc(/C=N\NC(=O)CSc3nc4ccccc4o3)ccc2OC)cc1. The Balaban J connectivity index is 1.34. The summed E-state index contributed by atoms with van der Waals surface area (Å²) < 4.78 is 21.5. The molecule has 0 radical (unpaired) electrons. The van der Waals surface area contributed by atoms with Crippen molar-refractivity contribution in [2.45, 2.75) is 5.22 Å². The molecule has 4 rings (SSSR count). The standard InChI is InChI=1S/C25H21N3O6S/c1-31-18-10-8-17(9-11-18)24(30)33-22-13-16(7-12-21(22)32-2)14-26-28-23(29)15-35-25-27-19-5-3-4-6-20(19)34-25/h3-14H,15H2,1-2H3,(H,28,29)/b26-14-. The number of oxazole rings is 1. The topological polar surface area (TPSA) is 112 Å². The molecule has 0 aliphatic heterocycles. The van der Waals surface area contributed by atoms with Crippen LogP contribution in [0.25, 0.3) is 11.1 Å². The predicted octanol–water partition coefficient (Wildman–Crippen LogP) is 4.31. The molecule has 0 saturated carbocycles. The van der Waals surface area contributed by atoms with Gasteiger partial charge in [0.2, 0.25) is 0 Å². The van der Waals surface area contributed by atoms with Crippen LogP contribution in [0.4, 0.5) is 0 Å². The van der Waals surface area contributed by atoms with Gasteiger partial charge < -0.3 is 18.6 Å². The van der Waals surface area contributed by atoms with Crippen LogP contribution in [0.3, 0.4) is 0 Å². The number of aromatic nitrogens is 1. The van der Waals surface area contributed by atoms with Gasteiger partial charge in [-0.15, -0.1) is 0 Å². The van der Waals surface area contributed by atoms with Gasteiger partial charge in [0, 0.05) is 0 Å². The summed E-state index contributed by atoms with van der Waals surface area (Å²) in [6, 6.07) is 18.9. The molecule has 0 saturated heterocycles. The third-order valence-corrected chi connectivity index (χ3v) is 5.55. The molecule has 0 spiro atoms. The Hall–Kier alpha value is -4.31. The van der Waals surface area contributed by atoms with Crippen molar-refractivity contribution in [3.05, 3.63) is 77.9 Å². The third-order valence-electron chi connectivity index (χ3n) is 4.72. The van der Waals surface area contributed by atoms with E-state index in [0.29, 0.717) is 33.4 Å². The maximum Gasteiger partial charge on any atom is 0.343 e. The molecule has 0 unspecified atom stereocenters. The van der Waals surface area contributed by atoms with Gasteiger partial charge in [0.25, 0.3) is 11.1 Å². The highest BCUT2D eigenvalue weighted by molar-refractivity contribution is 7.99. The summed E-state index contributed by atoms with van der Waals surface area (Å²) in [6.45, 7) is 0. The summed E-state index contributed by atoms with van der Waals surface area (Å²) in [4.78, 5) is 29.0. The molecule has 0 aliphatic rings. The highest BCUT2D eigenvalue weighted by Crippen LogP contribution is 2.29. The second kappa shape index (κ2) is 11.2. The van der Waals surface area contributed by atoms with E-state index >= 15 is 0 Å². The lowest BCUT2D eigenvalue weighted by molar-refractivity contribution is -0.118. The van der Waals surface area contributed by atoms with Gasteiger partial charge >= 0.3 is 5.97 Å². The van der Waals surface area contributed by atoms with Crippen LogP contribution in [-0.2, 0) is 4.79 Å². The fraction of sp³-hybridized carbons (Fsp3) is 0.120. The van der Waals surface area contributed by atoms with E-state index in [0.717, 1.165) is 5.52 Å². The molecule has 4 aromatic rings. The van der Waals surface area contributed by atoms with Crippen LogP contribution < -0.4 is 19.6 Å². The Bertz CT molecular complexity index is 1330. The minimum Gasteiger partial charge on any atom is -0.497 e. The first-order valence-electron chi connectivity index (χ1n) is 10.4. The van der Waals surface area contributed by atoms with E-state index in [-0.39, 0.29) is 17.4 Å². The molecule has 0 aliphatic carbocycles. The molecule has 9 nitrogen and oxygen atoms in total. The van der Waals surface area contributed by atoms with Crippen molar-refractivity contribution >= 4 is 41.0 Å². The average molecular weight is 492 g/mol. The maximum absolute atomic E-state index is 12.5. The van der Waals surface area contributed by atoms with E-state index in [1.54, 1.807) is 49.6 Å². The van der Waals surface area contributed by atoms with Gasteiger partial charge in [-0.25, -0.2) is 15.2 Å². The number of hydrogen-bond donors (Lipinski definition) is 1. The molecule has 0 fully saturated rings. The van der Waals surface area contributed by atoms with Gasteiger partial charge in [-0.3, -0.25) is 4.79 Å². The monoisotopic (exact) mass is 491 g/mol. The lowest BCUT2D eigenvalue weighted by Gasteiger charge is -2.10. The van der Waals surface area contributed by atoms with E-state index < -0.39 is 5.97 Å². The number of nitrogens with zero attached hydrogens (tertiary/aromatic N) is 2. The second-order valence-corrected chi connectivity index (χ2v) is 7.98. The zero-order chi connectivity index (χ0) is 24.6. The summed E-state index contributed by atoms with van der Waals surface area (Å²) >= 11 is 1.17. The van der Waals surface area contributed by atoms with Crippen LogP contribution in [0, 0.1) is 0 Å². The number of amides is 1. The number of hydrazone groups is 1. The molecule has 0 bridgehead atoms. The zero-order valence-corrected chi connectivity index (χ0v) is 19.7. The molecule has 1 amide bonds.